The molecule has 0 atom stereocenters. The van der Waals surface area contributed by atoms with Crippen molar-refractivity contribution in [2.24, 2.45) is 0 Å². The molecule has 0 aliphatic heterocycles. The van der Waals surface area contributed by atoms with Gasteiger partial charge in [0.15, 0.2) is 0 Å². The van der Waals surface area contributed by atoms with E-state index in [9.17, 15) is 0 Å². The number of nitrogens with zero attached hydrogens (tertiary/aromatic N) is 12. The minimum atomic E-state index is -1.86. The second-order valence-corrected chi connectivity index (χ2v) is 16.6. The van der Waals surface area contributed by atoms with Crippen LogP contribution in [0.2, 0.25) is 0 Å². The maximum absolute atomic E-state index is 4.82. The molecule has 0 aliphatic carbocycles. The van der Waals surface area contributed by atoms with Gasteiger partial charge in [0.25, 0.3) is 0 Å². The summed E-state index contributed by atoms with van der Waals surface area (Å²) < 4.78 is 11.8. The van der Waals surface area contributed by atoms with E-state index < -0.39 is 13.1 Å². The first-order chi connectivity index (χ1) is 32.1. The molecule has 6 aromatic heterocycles. The SMILES string of the molecule is Cc1ccn([B-](c2ccc(C#Cc3ccccc3)cc2)(n2ccc(C)n2)n2ccc(C)n2)n1.Cc1ccn([B-](c2ccc(C#Cc3ccccc3)cc2)(n2ccc(C)n2)n2ccc(C)n2)n1.[Fe+2]. The predicted molar refractivity (Wildman–Crippen MR) is 263 cm³/mol. The molecule has 0 spiro atoms. The number of hydrogen-bond donors (Lipinski definition) is 0. The van der Waals surface area contributed by atoms with Crippen LogP contribution in [0.3, 0.4) is 0 Å². The fourth-order valence-corrected chi connectivity index (χ4v) is 8.43. The first-order valence-corrected chi connectivity index (χ1v) is 21.9. The van der Waals surface area contributed by atoms with E-state index in [1.54, 1.807) is 0 Å². The molecule has 0 radical (unpaired) electrons. The number of aryl methyl sites for hydroxylation is 6. The van der Waals surface area contributed by atoms with Crippen LogP contribution in [0.15, 0.2) is 183 Å². The second kappa shape index (κ2) is 19.6. The molecule has 6 heterocycles. The van der Waals surface area contributed by atoms with Crippen LogP contribution in [-0.2, 0) is 17.1 Å². The van der Waals surface area contributed by atoms with E-state index in [1.165, 1.54) is 0 Å². The van der Waals surface area contributed by atoms with E-state index >= 15 is 0 Å². The largest absolute Gasteiger partial charge is 2.00 e. The quantitative estimate of drug-likeness (QED) is 0.123. The topological polar surface area (TPSA) is 107 Å². The molecule has 4 aromatic carbocycles. The van der Waals surface area contributed by atoms with Crippen LogP contribution < -0.4 is 10.9 Å². The third kappa shape index (κ3) is 9.25. The Labute approximate surface area is 401 Å². The van der Waals surface area contributed by atoms with Gasteiger partial charge in [-0.25, -0.2) is 30.6 Å². The Morgan fingerprint density at radius 2 is 0.493 bits per heavy atom. The van der Waals surface area contributed by atoms with Gasteiger partial charge in [-0.2, -0.15) is 0 Å². The van der Waals surface area contributed by atoms with Crippen molar-refractivity contribution in [1.29, 1.82) is 0 Å². The van der Waals surface area contributed by atoms with E-state index in [-0.39, 0.29) is 17.1 Å². The molecule has 12 nitrogen and oxygen atoms in total. The molecule has 10 rings (SSSR count). The fraction of sp³-hybridized carbons (Fsp3) is 0.115. The van der Waals surface area contributed by atoms with Crippen molar-refractivity contribution in [2.75, 3.05) is 0 Å². The van der Waals surface area contributed by atoms with Gasteiger partial charge in [0, 0.05) is 22.3 Å². The summed E-state index contributed by atoms with van der Waals surface area (Å²) in [5, 5.41) is 28.9. The number of rotatable bonds is 8. The second-order valence-electron chi connectivity index (χ2n) is 16.6. The zero-order chi connectivity index (χ0) is 45.7. The molecule has 0 N–H and O–H groups in total. The molecular formula is C52H48B2FeN12. The van der Waals surface area contributed by atoms with Gasteiger partial charge in [-0.1, -0.05) is 84.3 Å². The van der Waals surface area contributed by atoms with Crippen LogP contribution in [0.5, 0.6) is 0 Å². The summed E-state index contributed by atoms with van der Waals surface area (Å²) in [6.45, 7) is 8.21. The van der Waals surface area contributed by atoms with Crippen molar-refractivity contribution in [3.63, 3.8) is 0 Å². The monoisotopic (exact) mass is 918 g/mol. The standard InChI is InChI=1S/2C26H24BN6.Fe/c2*1-21-15-18-31(28-21)27(32-19-16-22(2)29-32,33-20-17-23(3)30-33)26-13-11-25(12-14-26)10-9-24-7-5-4-6-8-24;/h2*4-8,11-20H,1-3H3;/q2*-1;+2. The molecule has 0 saturated carbocycles. The van der Waals surface area contributed by atoms with Crippen LogP contribution in [-0.4, -0.2) is 71.3 Å². The molecule has 0 amide bonds. The molecular weight excluding hydrogens is 870 g/mol. The van der Waals surface area contributed by atoms with Crippen molar-refractivity contribution in [1.82, 2.24) is 58.1 Å². The summed E-state index contributed by atoms with van der Waals surface area (Å²) in [4.78, 5) is 0. The van der Waals surface area contributed by atoms with E-state index in [4.69, 9.17) is 30.6 Å². The minimum Gasteiger partial charge on any atom is -0.396 e. The molecule has 15 heteroatoms. The first kappa shape index (κ1) is 45.5. The molecule has 0 fully saturated rings. The third-order valence-electron chi connectivity index (χ3n) is 11.6. The molecule has 0 bridgehead atoms. The van der Waals surface area contributed by atoms with Crippen molar-refractivity contribution in [3.8, 4) is 23.7 Å². The minimum absolute atomic E-state index is 0. The Balaban J connectivity index is 0.000000179. The van der Waals surface area contributed by atoms with Gasteiger partial charge < -0.3 is 27.6 Å². The summed E-state index contributed by atoms with van der Waals surface area (Å²) in [6, 6.07) is 48.6. The van der Waals surface area contributed by atoms with Gasteiger partial charge in [-0.05, 0) is 164 Å². The van der Waals surface area contributed by atoms with Crippen molar-refractivity contribution in [2.45, 2.75) is 41.5 Å². The van der Waals surface area contributed by atoms with E-state index in [2.05, 4.69) is 47.9 Å². The summed E-state index contributed by atoms with van der Waals surface area (Å²) in [5.41, 5.74) is 11.5. The van der Waals surface area contributed by atoms with Crippen LogP contribution in [0, 0.1) is 65.2 Å². The Kier molecular flexibility index (Phi) is 13.3. The van der Waals surface area contributed by atoms with Crippen molar-refractivity contribution >= 4 is 24.0 Å². The zero-order valence-electron chi connectivity index (χ0n) is 38.2. The van der Waals surface area contributed by atoms with Gasteiger partial charge in [0.05, 0.1) is 34.2 Å². The molecule has 330 valence electrons. The third-order valence-corrected chi connectivity index (χ3v) is 11.6. The van der Waals surface area contributed by atoms with Crippen LogP contribution in [0.1, 0.15) is 56.4 Å². The van der Waals surface area contributed by atoms with E-state index in [1.807, 2.05) is 228 Å². The smallest absolute Gasteiger partial charge is 0.396 e. The Morgan fingerprint density at radius 3 is 0.687 bits per heavy atom. The van der Waals surface area contributed by atoms with Gasteiger partial charge in [0.2, 0.25) is 0 Å². The maximum Gasteiger partial charge on any atom is 2.00 e. The zero-order valence-corrected chi connectivity index (χ0v) is 39.3. The summed E-state index contributed by atoms with van der Waals surface area (Å²) in [7, 11) is 0. The molecule has 10 aromatic rings. The molecule has 0 aliphatic rings. The van der Waals surface area contributed by atoms with E-state index in [0.717, 1.165) is 67.3 Å². The van der Waals surface area contributed by atoms with Gasteiger partial charge in [-0.15, -0.1) is 10.9 Å². The summed E-state index contributed by atoms with van der Waals surface area (Å²) in [6.07, 6.45) is 12.0. The molecule has 67 heavy (non-hydrogen) atoms. The average Bonchev–Trinajstić information content (AvgIpc) is 4.23. The van der Waals surface area contributed by atoms with Crippen molar-refractivity contribution < 1.29 is 17.1 Å². The first-order valence-electron chi connectivity index (χ1n) is 21.9. The van der Waals surface area contributed by atoms with E-state index in [0.29, 0.717) is 0 Å². The Bertz CT molecular complexity index is 2930. The maximum atomic E-state index is 4.82. The average molecular weight is 919 g/mol. The predicted octanol–water partition coefficient (Wildman–Crippen LogP) is 6.78. The number of aromatic nitrogens is 12. The number of benzene rings is 4. The number of hydrogen-bond acceptors (Lipinski definition) is 6. The summed E-state index contributed by atoms with van der Waals surface area (Å²) >= 11 is 0. The molecule has 0 unspecified atom stereocenters. The Morgan fingerprint density at radius 1 is 0.284 bits per heavy atom. The van der Waals surface area contributed by atoms with Crippen LogP contribution in [0.4, 0.5) is 0 Å². The van der Waals surface area contributed by atoms with Gasteiger partial charge in [0.1, 0.15) is 0 Å². The molecule has 0 saturated heterocycles. The normalized spacial score (nSPS) is 11.1. The van der Waals surface area contributed by atoms with Crippen LogP contribution in [0.25, 0.3) is 0 Å². The van der Waals surface area contributed by atoms with Gasteiger partial charge >= 0.3 is 30.2 Å². The van der Waals surface area contributed by atoms with Gasteiger partial charge in [-0.3, -0.25) is 0 Å². The van der Waals surface area contributed by atoms with Crippen LogP contribution >= 0.6 is 0 Å². The summed E-state index contributed by atoms with van der Waals surface area (Å²) in [5.74, 6) is 13.0. The fourth-order valence-electron chi connectivity index (χ4n) is 8.43. The Hall–Kier alpha value is -8.09. The van der Waals surface area contributed by atoms with Crippen molar-refractivity contribution in [3.05, 3.63) is 239 Å².